The lowest BCUT2D eigenvalue weighted by Gasteiger charge is -2.02. The first-order valence-corrected chi connectivity index (χ1v) is 6.03. The second-order valence-corrected chi connectivity index (χ2v) is 4.60. The number of alkyl carbamates (subject to hydrolysis) is 1. The molecule has 0 unspecified atom stereocenters. The average Bonchev–Trinajstić information content (AvgIpc) is 2.64. The number of aryl methyl sites for hydroxylation is 1. The summed E-state index contributed by atoms with van der Waals surface area (Å²) >= 11 is 1.27. The van der Waals surface area contributed by atoms with Gasteiger partial charge in [0.2, 0.25) is 0 Å². The number of rotatable bonds is 6. The maximum Gasteiger partial charge on any atom is 0.407 e. The second kappa shape index (κ2) is 6.75. The van der Waals surface area contributed by atoms with Gasteiger partial charge >= 0.3 is 12.1 Å². The van der Waals surface area contributed by atoms with Crippen LogP contribution < -0.4 is 5.32 Å². The molecule has 0 saturated carbocycles. The van der Waals surface area contributed by atoms with E-state index in [0.29, 0.717) is 15.6 Å². The van der Waals surface area contributed by atoms with Crippen LogP contribution in [0.1, 0.15) is 15.6 Å². The Bertz CT molecular complexity index is 456. The number of carboxylic acids is 1. The number of carbonyl (C=O) groups excluding carboxylic acids is 1. The Kier molecular flexibility index (Phi) is 5.31. The summed E-state index contributed by atoms with van der Waals surface area (Å²) in [5.74, 6) is -0.897. The lowest BCUT2D eigenvalue weighted by Crippen LogP contribution is -2.23. The number of aliphatic carboxylic acids is 1. The first-order valence-electron chi connectivity index (χ1n) is 5.21. The smallest absolute Gasteiger partial charge is 0.407 e. The third-order valence-corrected chi connectivity index (χ3v) is 3.12. The van der Waals surface area contributed by atoms with Crippen LogP contribution in [0.3, 0.4) is 0 Å². The van der Waals surface area contributed by atoms with Gasteiger partial charge in [-0.05, 0) is 6.92 Å². The molecule has 98 valence electrons. The fraction of sp³-hybridized carbons (Fsp3) is 0.364. The maximum atomic E-state index is 11.1. The predicted molar refractivity (Wildman–Crippen MR) is 66.6 cm³/mol. The molecule has 0 fully saturated rings. The molecule has 0 aliphatic heterocycles. The molecule has 7 heteroatoms. The number of aromatic nitrogens is 1. The Labute approximate surface area is 108 Å². The van der Waals surface area contributed by atoms with Crippen molar-refractivity contribution in [3.8, 4) is 0 Å². The van der Waals surface area contributed by atoms with E-state index in [1.54, 1.807) is 6.92 Å². The number of amides is 1. The van der Waals surface area contributed by atoms with Gasteiger partial charge in [0.15, 0.2) is 0 Å². The van der Waals surface area contributed by atoms with Crippen molar-refractivity contribution in [1.29, 1.82) is 0 Å². The quantitative estimate of drug-likeness (QED) is 0.764. The molecule has 1 amide bonds. The molecule has 1 aromatic heterocycles. The van der Waals surface area contributed by atoms with Crippen LogP contribution in [-0.4, -0.2) is 28.8 Å². The molecule has 0 aliphatic rings. The highest BCUT2D eigenvalue weighted by Gasteiger charge is 2.11. The van der Waals surface area contributed by atoms with E-state index >= 15 is 0 Å². The molecule has 0 atom stereocenters. The van der Waals surface area contributed by atoms with Crippen molar-refractivity contribution in [1.82, 2.24) is 10.3 Å². The van der Waals surface area contributed by atoms with E-state index in [-0.39, 0.29) is 19.6 Å². The molecule has 1 rings (SSSR count). The van der Waals surface area contributed by atoms with Gasteiger partial charge in [-0.1, -0.05) is 12.7 Å². The molecule has 0 spiro atoms. The number of thiazole rings is 1. The van der Waals surface area contributed by atoms with Crippen molar-refractivity contribution in [3.63, 3.8) is 0 Å². The first-order chi connectivity index (χ1) is 8.52. The summed E-state index contributed by atoms with van der Waals surface area (Å²) in [7, 11) is 0. The lowest BCUT2D eigenvalue weighted by molar-refractivity contribution is -0.136. The van der Waals surface area contributed by atoms with Crippen LogP contribution in [0.4, 0.5) is 4.79 Å². The predicted octanol–water partition coefficient (Wildman–Crippen LogP) is 1.49. The molecule has 0 radical (unpaired) electrons. The molecular formula is C11H14N2O4S. The largest absolute Gasteiger partial charge is 0.481 e. The highest BCUT2D eigenvalue weighted by molar-refractivity contribution is 7.11. The van der Waals surface area contributed by atoms with Gasteiger partial charge in [-0.25, -0.2) is 9.78 Å². The van der Waals surface area contributed by atoms with Crippen molar-refractivity contribution < 1.29 is 19.4 Å². The number of hydrogen-bond donors (Lipinski definition) is 2. The highest BCUT2D eigenvalue weighted by Crippen LogP contribution is 2.18. The molecule has 18 heavy (non-hydrogen) atoms. The maximum absolute atomic E-state index is 11.1. The van der Waals surface area contributed by atoms with Crippen molar-refractivity contribution in [3.05, 3.63) is 28.2 Å². The van der Waals surface area contributed by atoms with Crippen LogP contribution in [0.25, 0.3) is 0 Å². The molecule has 1 heterocycles. The number of carboxylic acid groups (broad SMARTS) is 1. The fourth-order valence-electron chi connectivity index (χ4n) is 1.20. The molecule has 0 aliphatic carbocycles. The Morgan fingerprint density at radius 2 is 2.33 bits per heavy atom. The minimum atomic E-state index is -0.897. The van der Waals surface area contributed by atoms with E-state index in [0.717, 1.165) is 0 Å². The van der Waals surface area contributed by atoms with Crippen LogP contribution in [0.2, 0.25) is 0 Å². The van der Waals surface area contributed by atoms with Gasteiger partial charge in [0.1, 0.15) is 11.6 Å². The highest BCUT2D eigenvalue weighted by atomic mass is 32.1. The lowest BCUT2D eigenvalue weighted by atomic mass is 10.3. The van der Waals surface area contributed by atoms with Crippen LogP contribution in [0, 0.1) is 6.92 Å². The van der Waals surface area contributed by atoms with E-state index in [4.69, 9.17) is 9.84 Å². The van der Waals surface area contributed by atoms with Crippen LogP contribution in [0.15, 0.2) is 12.7 Å². The summed E-state index contributed by atoms with van der Waals surface area (Å²) in [6.45, 7) is 5.54. The average molecular weight is 270 g/mol. The summed E-state index contributed by atoms with van der Waals surface area (Å²) in [6.07, 6.45) is 0.866. The van der Waals surface area contributed by atoms with Crippen LogP contribution in [0.5, 0.6) is 0 Å². The minimum absolute atomic E-state index is 0.0512. The molecule has 1 aromatic rings. The summed E-state index contributed by atoms with van der Waals surface area (Å²) in [6, 6.07) is 0. The fourth-order valence-corrected chi connectivity index (χ4v) is 2.20. The van der Waals surface area contributed by atoms with Gasteiger partial charge in [-0.2, -0.15) is 0 Å². The Morgan fingerprint density at radius 3 is 2.94 bits per heavy atom. The SMILES string of the molecule is C=CCOC(=O)NCc1nc(C)c(CC(=O)O)s1. The Morgan fingerprint density at radius 1 is 1.61 bits per heavy atom. The molecule has 0 bridgehead atoms. The standard InChI is InChI=1S/C11H14N2O4S/c1-3-4-17-11(16)12-6-9-13-7(2)8(18-9)5-10(14)15/h3H,1,4-6H2,2H3,(H,12,16)(H,14,15). The zero-order valence-corrected chi connectivity index (χ0v) is 10.7. The molecule has 0 aromatic carbocycles. The van der Waals surface area contributed by atoms with E-state index in [9.17, 15) is 9.59 Å². The Hall–Kier alpha value is -1.89. The zero-order chi connectivity index (χ0) is 13.5. The number of carbonyl (C=O) groups is 2. The summed E-state index contributed by atoms with van der Waals surface area (Å²) in [5, 5.41) is 11.9. The number of hydrogen-bond acceptors (Lipinski definition) is 5. The van der Waals surface area contributed by atoms with E-state index < -0.39 is 12.1 Å². The van der Waals surface area contributed by atoms with E-state index in [1.165, 1.54) is 17.4 Å². The molecular weight excluding hydrogens is 256 g/mol. The summed E-state index contributed by atoms with van der Waals surface area (Å²) < 4.78 is 4.73. The van der Waals surface area contributed by atoms with Gasteiger partial charge in [0.05, 0.1) is 18.7 Å². The number of ether oxygens (including phenoxy) is 1. The Balaban J connectivity index is 2.50. The van der Waals surface area contributed by atoms with E-state index in [2.05, 4.69) is 16.9 Å². The van der Waals surface area contributed by atoms with Crippen molar-refractivity contribution in [2.75, 3.05) is 6.61 Å². The third kappa shape index (κ3) is 4.54. The molecule has 2 N–H and O–H groups in total. The minimum Gasteiger partial charge on any atom is -0.481 e. The number of nitrogens with one attached hydrogen (secondary N) is 1. The number of nitrogens with zero attached hydrogens (tertiary/aromatic N) is 1. The van der Waals surface area contributed by atoms with Gasteiger partial charge in [0.25, 0.3) is 0 Å². The van der Waals surface area contributed by atoms with E-state index in [1.807, 2.05) is 0 Å². The van der Waals surface area contributed by atoms with Gasteiger partial charge in [-0.3, -0.25) is 4.79 Å². The first kappa shape index (κ1) is 14.2. The summed E-state index contributed by atoms with van der Waals surface area (Å²) in [4.78, 5) is 26.6. The monoisotopic (exact) mass is 270 g/mol. The molecule has 0 saturated heterocycles. The van der Waals surface area contributed by atoms with Crippen LogP contribution >= 0.6 is 11.3 Å². The van der Waals surface area contributed by atoms with Crippen molar-refractivity contribution in [2.24, 2.45) is 0 Å². The van der Waals surface area contributed by atoms with Gasteiger partial charge < -0.3 is 15.2 Å². The summed E-state index contributed by atoms with van der Waals surface area (Å²) in [5.41, 5.74) is 0.679. The molecule has 6 nitrogen and oxygen atoms in total. The van der Waals surface area contributed by atoms with Gasteiger partial charge in [0, 0.05) is 4.88 Å². The second-order valence-electron chi connectivity index (χ2n) is 3.43. The third-order valence-electron chi connectivity index (χ3n) is 1.96. The zero-order valence-electron chi connectivity index (χ0n) is 9.93. The normalized spacial score (nSPS) is 9.83. The van der Waals surface area contributed by atoms with Crippen LogP contribution in [-0.2, 0) is 22.5 Å². The van der Waals surface area contributed by atoms with Gasteiger partial charge in [-0.15, -0.1) is 11.3 Å². The van der Waals surface area contributed by atoms with Crippen molar-refractivity contribution >= 4 is 23.4 Å². The van der Waals surface area contributed by atoms with Crippen molar-refractivity contribution in [2.45, 2.75) is 19.9 Å². The topological polar surface area (TPSA) is 88.5 Å².